The minimum absolute atomic E-state index is 0.191. The molecule has 0 fully saturated rings. The first-order valence-electron chi connectivity index (χ1n) is 10.4. The molecule has 0 spiro atoms. The predicted molar refractivity (Wildman–Crippen MR) is 128 cm³/mol. The molecule has 1 N–H and O–H groups in total. The second-order valence-electron chi connectivity index (χ2n) is 7.50. The first-order valence-corrected chi connectivity index (χ1v) is 11.2. The number of hydrogen-bond donors (Lipinski definition) is 1. The van der Waals surface area contributed by atoms with Crippen LogP contribution in [0.1, 0.15) is 37.7 Å². The number of pyridine rings is 1. The van der Waals surface area contributed by atoms with E-state index in [1.54, 1.807) is 31.2 Å². The van der Waals surface area contributed by atoms with Crippen LogP contribution in [0.15, 0.2) is 72.8 Å². The maximum Gasteiger partial charge on any atom is 0.416 e. The van der Waals surface area contributed by atoms with E-state index in [9.17, 15) is 18.0 Å². The number of hydrogen-bond acceptors (Lipinski definition) is 4. The zero-order chi connectivity index (χ0) is 24.1. The molecule has 34 heavy (non-hydrogen) atoms. The summed E-state index contributed by atoms with van der Waals surface area (Å²) in [6.07, 6.45) is -0.941. The van der Waals surface area contributed by atoms with Gasteiger partial charge in [0.2, 0.25) is 0 Å². The second kappa shape index (κ2) is 10.0. The van der Waals surface area contributed by atoms with Crippen molar-refractivity contribution in [1.29, 1.82) is 0 Å². The highest BCUT2D eigenvalue weighted by atomic mass is 32.1. The van der Waals surface area contributed by atoms with Crippen LogP contribution in [-0.4, -0.2) is 15.9 Å². The number of halogens is 3. The number of nitrogens with one attached hydrogen (secondary N) is 1. The van der Waals surface area contributed by atoms with Crippen molar-refractivity contribution < 1.29 is 18.0 Å². The number of nitrogens with zero attached hydrogens (tertiary/aromatic N) is 2. The Morgan fingerprint density at radius 3 is 2.38 bits per heavy atom. The summed E-state index contributed by atoms with van der Waals surface area (Å²) < 4.78 is 38.2. The molecular formula is C26H20F3N3OS. The highest BCUT2D eigenvalue weighted by Crippen LogP contribution is 2.30. The number of rotatable bonds is 6. The number of thiazole rings is 1. The van der Waals surface area contributed by atoms with Gasteiger partial charge >= 0.3 is 6.18 Å². The molecule has 0 aliphatic heterocycles. The maximum absolute atomic E-state index is 12.7. The monoisotopic (exact) mass is 479 g/mol. The molecule has 0 bridgehead atoms. The quantitative estimate of drug-likeness (QED) is 0.338. The smallest absolute Gasteiger partial charge is 0.347 e. The van der Waals surface area contributed by atoms with E-state index in [2.05, 4.69) is 15.3 Å². The van der Waals surface area contributed by atoms with Crippen molar-refractivity contribution >= 4 is 29.4 Å². The SMILES string of the molecule is Cc1nc(-c2cccc(/C=C/c3ccc(C(F)(F)F)cc3)n2)sc1C(=O)NCc1ccccc1. The lowest BCUT2D eigenvalue weighted by Gasteiger charge is -2.05. The van der Waals surface area contributed by atoms with E-state index in [1.165, 1.54) is 23.5 Å². The molecule has 0 saturated heterocycles. The van der Waals surface area contributed by atoms with Crippen LogP contribution in [0.2, 0.25) is 0 Å². The van der Waals surface area contributed by atoms with Crippen LogP contribution in [0.5, 0.6) is 0 Å². The minimum atomic E-state index is -4.36. The predicted octanol–water partition coefficient (Wildman–Crippen LogP) is 6.63. The molecule has 4 nitrogen and oxygen atoms in total. The van der Waals surface area contributed by atoms with Crippen LogP contribution in [0.25, 0.3) is 22.9 Å². The summed E-state index contributed by atoms with van der Waals surface area (Å²) in [7, 11) is 0. The summed E-state index contributed by atoms with van der Waals surface area (Å²) >= 11 is 1.27. The topological polar surface area (TPSA) is 54.9 Å². The van der Waals surface area contributed by atoms with Gasteiger partial charge in [0.25, 0.3) is 5.91 Å². The summed E-state index contributed by atoms with van der Waals surface area (Å²) in [6, 6.07) is 20.0. The zero-order valence-electron chi connectivity index (χ0n) is 18.1. The third kappa shape index (κ3) is 5.77. The third-order valence-corrected chi connectivity index (χ3v) is 6.15. The fourth-order valence-electron chi connectivity index (χ4n) is 3.20. The lowest BCUT2D eigenvalue weighted by atomic mass is 10.1. The number of carbonyl (C=O) groups excluding carboxylic acids is 1. The van der Waals surface area contributed by atoms with Gasteiger partial charge in [-0.15, -0.1) is 11.3 Å². The number of aromatic nitrogens is 2. The molecule has 4 rings (SSSR count). The van der Waals surface area contributed by atoms with Gasteiger partial charge in [-0.3, -0.25) is 4.79 Å². The molecule has 0 unspecified atom stereocenters. The van der Waals surface area contributed by atoms with Gasteiger partial charge in [0, 0.05) is 6.54 Å². The molecule has 2 aromatic heterocycles. The minimum Gasteiger partial charge on any atom is -0.347 e. The van der Waals surface area contributed by atoms with Crippen LogP contribution in [0.3, 0.4) is 0 Å². The Bertz CT molecular complexity index is 1310. The van der Waals surface area contributed by atoms with Gasteiger partial charge in [0.05, 0.1) is 22.6 Å². The summed E-state index contributed by atoms with van der Waals surface area (Å²) in [4.78, 5) is 22.3. The molecule has 1 amide bonds. The normalized spacial score (nSPS) is 11.6. The van der Waals surface area contributed by atoms with E-state index in [1.807, 2.05) is 36.4 Å². The summed E-state index contributed by atoms with van der Waals surface area (Å²) in [6.45, 7) is 2.21. The number of carbonyl (C=O) groups is 1. The molecule has 0 aliphatic rings. The van der Waals surface area contributed by atoms with E-state index in [-0.39, 0.29) is 5.91 Å². The van der Waals surface area contributed by atoms with Gasteiger partial charge < -0.3 is 5.32 Å². The number of aryl methyl sites for hydroxylation is 1. The number of benzene rings is 2. The number of amides is 1. The van der Waals surface area contributed by atoms with E-state index in [0.29, 0.717) is 39.1 Å². The van der Waals surface area contributed by atoms with E-state index < -0.39 is 11.7 Å². The van der Waals surface area contributed by atoms with Crippen molar-refractivity contribution in [3.8, 4) is 10.7 Å². The molecule has 0 aliphatic carbocycles. The molecule has 8 heteroatoms. The molecule has 4 aromatic rings. The summed E-state index contributed by atoms with van der Waals surface area (Å²) in [5, 5.41) is 3.53. The second-order valence-corrected chi connectivity index (χ2v) is 8.50. The Hall–Kier alpha value is -3.78. The summed E-state index contributed by atoms with van der Waals surface area (Å²) in [5.74, 6) is -0.191. The van der Waals surface area contributed by atoms with Crippen LogP contribution in [0.4, 0.5) is 13.2 Å². The maximum atomic E-state index is 12.7. The molecule has 2 aromatic carbocycles. The fourth-order valence-corrected chi connectivity index (χ4v) is 4.16. The highest BCUT2D eigenvalue weighted by molar-refractivity contribution is 7.17. The van der Waals surface area contributed by atoms with Crippen molar-refractivity contribution in [2.24, 2.45) is 0 Å². The first-order chi connectivity index (χ1) is 16.3. The van der Waals surface area contributed by atoms with Crippen LogP contribution in [-0.2, 0) is 12.7 Å². The highest BCUT2D eigenvalue weighted by Gasteiger charge is 2.29. The van der Waals surface area contributed by atoms with Gasteiger partial charge in [-0.25, -0.2) is 9.97 Å². The Balaban J connectivity index is 1.47. The Morgan fingerprint density at radius 2 is 1.68 bits per heavy atom. The van der Waals surface area contributed by atoms with Crippen molar-refractivity contribution in [2.45, 2.75) is 19.6 Å². The lowest BCUT2D eigenvalue weighted by molar-refractivity contribution is -0.137. The van der Waals surface area contributed by atoms with Crippen LogP contribution >= 0.6 is 11.3 Å². The molecular weight excluding hydrogens is 459 g/mol. The Kier molecular flexibility index (Phi) is 6.88. The lowest BCUT2D eigenvalue weighted by Crippen LogP contribution is -2.22. The average molecular weight is 480 g/mol. The van der Waals surface area contributed by atoms with Crippen molar-refractivity contribution in [3.05, 3.63) is 106 Å². The van der Waals surface area contributed by atoms with Crippen LogP contribution < -0.4 is 5.32 Å². The largest absolute Gasteiger partial charge is 0.416 e. The van der Waals surface area contributed by atoms with Gasteiger partial charge in [0.1, 0.15) is 9.88 Å². The Morgan fingerprint density at radius 1 is 0.941 bits per heavy atom. The van der Waals surface area contributed by atoms with Gasteiger partial charge in [-0.05, 0) is 48.4 Å². The zero-order valence-corrected chi connectivity index (χ0v) is 19.0. The van der Waals surface area contributed by atoms with Crippen molar-refractivity contribution in [2.75, 3.05) is 0 Å². The molecule has 2 heterocycles. The third-order valence-electron chi connectivity index (χ3n) is 4.97. The van der Waals surface area contributed by atoms with Crippen molar-refractivity contribution in [3.63, 3.8) is 0 Å². The van der Waals surface area contributed by atoms with E-state index in [4.69, 9.17) is 0 Å². The summed E-state index contributed by atoms with van der Waals surface area (Å²) in [5.41, 5.74) is 2.81. The Labute approximate surface area is 198 Å². The van der Waals surface area contributed by atoms with Gasteiger partial charge in [-0.1, -0.05) is 54.6 Å². The molecule has 0 saturated carbocycles. The van der Waals surface area contributed by atoms with E-state index in [0.717, 1.165) is 17.7 Å². The molecule has 0 radical (unpaired) electrons. The van der Waals surface area contributed by atoms with Gasteiger partial charge in [0.15, 0.2) is 0 Å². The first kappa shape index (κ1) is 23.4. The molecule has 172 valence electrons. The van der Waals surface area contributed by atoms with Gasteiger partial charge in [-0.2, -0.15) is 13.2 Å². The van der Waals surface area contributed by atoms with E-state index >= 15 is 0 Å². The van der Waals surface area contributed by atoms with Crippen molar-refractivity contribution in [1.82, 2.24) is 15.3 Å². The average Bonchev–Trinajstić information content (AvgIpc) is 3.23. The standard InChI is InChI=1S/C26H20F3N3OS/c1-17-23(24(33)30-16-19-6-3-2-4-7-19)34-25(31-17)22-9-5-8-21(32-22)15-12-18-10-13-20(14-11-18)26(27,28)29/h2-15H,16H2,1H3,(H,30,33)/b15-12+. The number of alkyl halides is 3. The fraction of sp³-hybridized carbons (Fsp3) is 0.115. The van der Waals surface area contributed by atoms with Crippen LogP contribution in [0, 0.1) is 6.92 Å². The molecule has 0 atom stereocenters.